The number of amides is 2. The summed E-state index contributed by atoms with van der Waals surface area (Å²) in [4.78, 5) is 24.0. The zero-order valence-electron chi connectivity index (χ0n) is 15.9. The first kappa shape index (κ1) is 17.5. The normalized spacial score (nSPS) is 15.4. The molecule has 4 nitrogen and oxygen atoms in total. The third-order valence-corrected chi connectivity index (χ3v) is 5.68. The maximum atomic E-state index is 12.0. The van der Waals surface area contributed by atoms with Crippen LogP contribution >= 0.6 is 0 Å². The Morgan fingerprint density at radius 1 is 1.00 bits per heavy atom. The van der Waals surface area contributed by atoms with Gasteiger partial charge in [0.25, 0.3) is 0 Å². The first-order chi connectivity index (χ1) is 12.9. The highest BCUT2D eigenvalue weighted by Crippen LogP contribution is 2.38. The fraction of sp³-hybridized carbons (Fsp3) is 0.304. The van der Waals surface area contributed by atoms with Gasteiger partial charge in [0.05, 0.1) is 0 Å². The molecule has 0 aliphatic carbocycles. The van der Waals surface area contributed by atoms with E-state index in [0.29, 0.717) is 12.8 Å². The van der Waals surface area contributed by atoms with Crippen LogP contribution in [0.5, 0.6) is 0 Å². The summed E-state index contributed by atoms with van der Waals surface area (Å²) in [6, 6.07) is 12.4. The van der Waals surface area contributed by atoms with Gasteiger partial charge in [-0.15, -0.1) is 0 Å². The van der Waals surface area contributed by atoms with Gasteiger partial charge in [0.15, 0.2) is 0 Å². The van der Waals surface area contributed by atoms with Gasteiger partial charge in [-0.2, -0.15) is 0 Å². The molecule has 1 aromatic heterocycles. The molecule has 1 fully saturated rings. The fourth-order valence-electron chi connectivity index (χ4n) is 4.09. The van der Waals surface area contributed by atoms with Crippen LogP contribution in [0, 0.1) is 20.8 Å². The van der Waals surface area contributed by atoms with Gasteiger partial charge in [-0.05, 0) is 61.1 Å². The van der Waals surface area contributed by atoms with Crippen molar-refractivity contribution in [2.75, 3.05) is 0 Å². The van der Waals surface area contributed by atoms with E-state index in [0.717, 1.165) is 45.4 Å². The number of hydrogen-bond donors (Lipinski definition) is 1. The molecule has 138 valence electrons. The van der Waals surface area contributed by atoms with Gasteiger partial charge in [-0.1, -0.05) is 30.3 Å². The second-order valence-electron chi connectivity index (χ2n) is 7.47. The van der Waals surface area contributed by atoms with Crippen LogP contribution in [0.3, 0.4) is 0 Å². The Balaban J connectivity index is 1.91. The molecule has 0 spiro atoms. The molecule has 2 amide bonds. The molecule has 0 radical (unpaired) electrons. The third-order valence-electron chi connectivity index (χ3n) is 5.68. The first-order valence-corrected chi connectivity index (χ1v) is 9.32. The van der Waals surface area contributed by atoms with Crippen LogP contribution in [-0.4, -0.2) is 11.8 Å². The Kier molecular flexibility index (Phi) is 4.34. The Bertz CT molecular complexity index is 1030. The van der Waals surface area contributed by atoms with Gasteiger partial charge in [0, 0.05) is 24.1 Å². The molecule has 3 aromatic rings. The van der Waals surface area contributed by atoms with Crippen molar-refractivity contribution in [3.05, 3.63) is 70.0 Å². The van der Waals surface area contributed by atoms with Crippen molar-refractivity contribution in [3.8, 4) is 0 Å². The molecule has 0 bridgehead atoms. The van der Waals surface area contributed by atoms with Crippen molar-refractivity contribution in [1.29, 1.82) is 0 Å². The van der Waals surface area contributed by atoms with Crippen molar-refractivity contribution in [3.63, 3.8) is 0 Å². The smallest absolute Gasteiger partial charge is 0.227 e. The predicted molar refractivity (Wildman–Crippen MR) is 105 cm³/mol. The number of imide groups is 1. The quantitative estimate of drug-likeness (QED) is 0.700. The Morgan fingerprint density at radius 2 is 1.67 bits per heavy atom. The lowest BCUT2D eigenvalue weighted by molar-refractivity contribution is -0.133. The highest BCUT2D eigenvalue weighted by Gasteiger charge is 2.29. The lowest BCUT2D eigenvalue weighted by Gasteiger charge is -2.25. The molecular formula is C23H23NO3. The number of furan rings is 1. The van der Waals surface area contributed by atoms with Crippen LogP contribution in [0.25, 0.3) is 11.0 Å². The number of rotatable bonds is 3. The van der Waals surface area contributed by atoms with Crippen molar-refractivity contribution in [2.24, 2.45) is 0 Å². The molecule has 1 saturated heterocycles. The second kappa shape index (κ2) is 6.69. The maximum absolute atomic E-state index is 12.0. The van der Waals surface area contributed by atoms with Crippen LogP contribution in [0.1, 0.15) is 52.3 Å². The summed E-state index contributed by atoms with van der Waals surface area (Å²) in [7, 11) is 0. The van der Waals surface area contributed by atoms with E-state index in [4.69, 9.17) is 4.42 Å². The molecule has 0 unspecified atom stereocenters. The summed E-state index contributed by atoms with van der Waals surface area (Å²) in [6.07, 6.45) is 1.44. The summed E-state index contributed by atoms with van der Waals surface area (Å²) < 4.78 is 6.05. The average molecular weight is 361 g/mol. The third kappa shape index (κ3) is 3.16. The zero-order valence-corrected chi connectivity index (χ0v) is 15.9. The lowest BCUT2D eigenvalue weighted by atomic mass is 9.82. The molecule has 1 aliphatic rings. The van der Waals surface area contributed by atoms with Crippen molar-refractivity contribution in [1.82, 2.24) is 5.32 Å². The monoisotopic (exact) mass is 361 g/mol. The van der Waals surface area contributed by atoms with Crippen LogP contribution in [0.2, 0.25) is 0 Å². The molecular weight excluding hydrogens is 338 g/mol. The molecule has 4 rings (SSSR count). The Hall–Kier alpha value is -2.88. The topological polar surface area (TPSA) is 59.3 Å². The number of benzene rings is 2. The highest BCUT2D eigenvalue weighted by atomic mass is 16.3. The van der Waals surface area contributed by atoms with Crippen molar-refractivity contribution >= 4 is 22.8 Å². The van der Waals surface area contributed by atoms with E-state index in [9.17, 15) is 9.59 Å². The van der Waals surface area contributed by atoms with E-state index in [1.165, 1.54) is 5.56 Å². The number of carbonyl (C=O) groups is 2. The number of piperidine rings is 1. The predicted octanol–water partition coefficient (Wildman–Crippen LogP) is 4.47. The molecule has 1 aliphatic heterocycles. The lowest BCUT2D eigenvalue weighted by Crippen LogP contribution is -2.38. The summed E-state index contributed by atoms with van der Waals surface area (Å²) in [6.45, 7) is 6.11. The summed E-state index contributed by atoms with van der Waals surface area (Å²) in [5.74, 6) is 0.426. The minimum absolute atomic E-state index is 0.0948. The molecule has 27 heavy (non-hydrogen) atoms. The maximum Gasteiger partial charge on any atom is 0.227 e. The minimum Gasteiger partial charge on any atom is -0.461 e. The van der Waals surface area contributed by atoms with Gasteiger partial charge in [0.2, 0.25) is 11.8 Å². The van der Waals surface area contributed by atoms with Gasteiger partial charge < -0.3 is 4.42 Å². The zero-order chi connectivity index (χ0) is 19.1. The van der Waals surface area contributed by atoms with Crippen molar-refractivity contribution < 1.29 is 14.0 Å². The van der Waals surface area contributed by atoms with E-state index in [1.807, 2.05) is 25.1 Å². The van der Waals surface area contributed by atoms with Gasteiger partial charge in [-0.3, -0.25) is 14.9 Å². The highest BCUT2D eigenvalue weighted by molar-refractivity contribution is 5.99. The second-order valence-corrected chi connectivity index (χ2v) is 7.47. The fourth-order valence-corrected chi connectivity index (χ4v) is 4.09. The molecule has 0 atom stereocenters. The first-order valence-electron chi connectivity index (χ1n) is 9.32. The van der Waals surface area contributed by atoms with E-state index < -0.39 is 0 Å². The molecule has 0 saturated carbocycles. The van der Waals surface area contributed by atoms with Gasteiger partial charge in [0.1, 0.15) is 11.3 Å². The molecule has 2 heterocycles. The standard InChI is InChI=1S/C23H23NO3/c1-13-15(3)27-23-14(2)18(9-16-7-5-4-6-8-16)20(12-19(13)23)17-10-21(25)24-22(26)11-17/h4-8,12,17H,9-11H2,1-3H3,(H,24,25,26). The number of carbonyl (C=O) groups excluding carboxylic acids is 2. The van der Waals surface area contributed by atoms with Crippen LogP contribution < -0.4 is 5.32 Å². The van der Waals surface area contributed by atoms with E-state index in [2.05, 4.69) is 37.4 Å². The molecule has 2 aromatic carbocycles. The van der Waals surface area contributed by atoms with E-state index in [-0.39, 0.29) is 17.7 Å². The van der Waals surface area contributed by atoms with E-state index in [1.54, 1.807) is 0 Å². The largest absolute Gasteiger partial charge is 0.461 e. The van der Waals surface area contributed by atoms with Crippen molar-refractivity contribution in [2.45, 2.75) is 46.0 Å². The number of hydrogen-bond acceptors (Lipinski definition) is 3. The molecule has 4 heteroatoms. The summed E-state index contributed by atoms with van der Waals surface area (Å²) in [5, 5.41) is 3.50. The number of nitrogens with one attached hydrogen (secondary N) is 1. The average Bonchev–Trinajstić information content (AvgIpc) is 2.92. The Morgan fingerprint density at radius 3 is 2.33 bits per heavy atom. The van der Waals surface area contributed by atoms with Crippen LogP contribution in [0.15, 0.2) is 40.8 Å². The van der Waals surface area contributed by atoms with Crippen LogP contribution in [0.4, 0.5) is 0 Å². The Labute approximate surface area is 158 Å². The van der Waals surface area contributed by atoms with Gasteiger partial charge in [-0.25, -0.2) is 0 Å². The number of aryl methyl sites for hydroxylation is 3. The minimum atomic E-state index is -0.195. The SMILES string of the molecule is Cc1oc2c(C)c(Cc3ccccc3)c(C3CC(=O)NC(=O)C3)cc2c1C. The van der Waals surface area contributed by atoms with Crippen LogP contribution in [-0.2, 0) is 16.0 Å². The summed E-state index contributed by atoms with van der Waals surface area (Å²) >= 11 is 0. The van der Waals surface area contributed by atoms with Gasteiger partial charge >= 0.3 is 0 Å². The summed E-state index contributed by atoms with van der Waals surface area (Å²) in [5.41, 5.74) is 6.58. The van der Waals surface area contributed by atoms with E-state index >= 15 is 0 Å². The number of fused-ring (bicyclic) bond motifs is 1. The molecule has 1 N–H and O–H groups in total.